The Morgan fingerprint density at radius 3 is 2.62 bits per heavy atom. The molecule has 1 aromatic carbocycles. The Morgan fingerprint density at radius 2 is 1.90 bits per heavy atom. The van der Waals surface area contributed by atoms with Crippen LogP contribution in [0.2, 0.25) is 0 Å². The average molecular weight is 397 g/mol. The fourth-order valence-corrected chi connectivity index (χ4v) is 4.30. The van der Waals surface area contributed by atoms with Crippen molar-refractivity contribution in [2.45, 2.75) is 37.6 Å². The van der Waals surface area contributed by atoms with Crippen LogP contribution in [0.1, 0.15) is 54.9 Å². The van der Waals surface area contributed by atoms with Gasteiger partial charge in [0.2, 0.25) is 0 Å². The number of imidazole rings is 1. The molecule has 0 saturated carbocycles. The number of halogens is 1. The monoisotopic (exact) mass is 397 g/mol. The van der Waals surface area contributed by atoms with Crippen molar-refractivity contribution in [2.24, 2.45) is 0 Å². The fraction of sp³-hybridized carbons (Fsp3) is 0.476. The Hall–Kier alpha value is -2.58. The van der Waals surface area contributed by atoms with Gasteiger partial charge in [-0.2, -0.15) is 5.10 Å². The number of nitrogens with zero attached hydrogens (tertiary/aromatic N) is 4. The quantitative estimate of drug-likeness (QED) is 0.733. The number of aromatic nitrogens is 4. The maximum absolute atomic E-state index is 13.1. The van der Waals surface area contributed by atoms with E-state index in [1.165, 1.54) is 12.1 Å². The Morgan fingerprint density at radius 1 is 1.17 bits per heavy atom. The number of H-pyrrole nitrogens is 1. The molecule has 1 N–H and O–H groups in total. The van der Waals surface area contributed by atoms with Crippen molar-refractivity contribution in [3.05, 3.63) is 63.8 Å². The number of hydrogen-bond acceptors (Lipinski definition) is 5. The van der Waals surface area contributed by atoms with Crippen LogP contribution < -0.4 is 5.56 Å². The molecule has 0 aliphatic carbocycles. The molecule has 1 atom stereocenters. The van der Waals surface area contributed by atoms with Gasteiger partial charge in [0.05, 0.1) is 12.2 Å². The third-order valence-corrected chi connectivity index (χ3v) is 6.23. The Kier molecular flexibility index (Phi) is 4.67. The number of hydrogen-bond donors (Lipinski definition) is 1. The molecule has 5 rings (SSSR count). The molecule has 2 aliphatic heterocycles. The molecule has 0 amide bonds. The number of ether oxygens (including phenoxy) is 1. The molecule has 2 fully saturated rings. The first-order valence-corrected chi connectivity index (χ1v) is 10.2. The summed E-state index contributed by atoms with van der Waals surface area (Å²) in [5, 5.41) is 4.75. The maximum atomic E-state index is 13.1. The van der Waals surface area contributed by atoms with Crippen LogP contribution in [0.4, 0.5) is 4.39 Å². The lowest BCUT2D eigenvalue weighted by molar-refractivity contribution is 0.0829. The number of nitrogens with one attached hydrogen (secondary N) is 1. The van der Waals surface area contributed by atoms with E-state index in [4.69, 9.17) is 9.84 Å². The van der Waals surface area contributed by atoms with Gasteiger partial charge in [-0.3, -0.25) is 9.69 Å². The highest BCUT2D eigenvalue weighted by Crippen LogP contribution is 2.33. The van der Waals surface area contributed by atoms with E-state index in [1.54, 1.807) is 10.7 Å². The Bertz CT molecular complexity index is 1060. The molecule has 4 heterocycles. The smallest absolute Gasteiger partial charge is 0.277 e. The first kappa shape index (κ1) is 18.4. The van der Waals surface area contributed by atoms with E-state index in [1.807, 2.05) is 12.1 Å². The standard InChI is InChI=1S/C21H24FN5O2/c1-13(26-11-16(12-26)14-2-4-17(22)5-3-14)19-24-21(28)18-10-23-20(27(18)25-19)15-6-8-29-9-7-15/h2-5,10,13,15-16H,6-9,11-12H2,1H3,(H,24,25,28). The molecule has 1 unspecified atom stereocenters. The molecule has 0 bridgehead atoms. The van der Waals surface area contributed by atoms with Crippen LogP contribution in [0.3, 0.4) is 0 Å². The van der Waals surface area contributed by atoms with Crippen LogP contribution in [0.15, 0.2) is 35.3 Å². The van der Waals surface area contributed by atoms with Gasteiger partial charge in [-0.1, -0.05) is 12.1 Å². The van der Waals surface area contributed by atoms with Gasteiger partial charge in [0.1, 0.15) is 17.5 Å². The molecule has 0 radical (unpaired) electrons. The van der Waals surface area contributed by atoms with Crippen LogP contribution in [-0.2, 0) is 4.74 Å². The van der Waals surface area contributed by atoms with Crippen LogP contribution in [0, 0.1) is 5.82 Å². The first-order valence-electron chi connectivity index (χ1n) is 10.2. The third kappa shape index (κ3) is 3.36. The summed E-state index contributed by atoms with van der Waals surface area (Å²) in [6.07, 6.45) is 3.40. The number of benzene rings is 1. The minimum atomic E-state index is -0.214. The molecule has 8 heteroatoms. The van der Waals surface area contributed by atoms with Gasteiger partial charge >= 0.3 is 0 Å². The topological polar surface area (TPSA) is 75.5 Å². The van der Waals surface area contributed by atoms with Crippen molar-refractivity contribution in [1.82, 2.24) is 24.5 Å². The highest BCUT2D eigenvalue weighted by molar-refractivity contribution is 5.42. The number of aromatic amines is 1. The van der Waals surface area contributed by atoms with E-state index in [9.17, 15) is 9.18 Å². The summed E-state index contributed by atoms with van der Waals surface area (Å²) in [5.41, 5.74) is 1.46. The predicted molar refractivity (Wildman–Crippen MR) is 106 cm³/mol. The predicted octanol–water partition coefficient (Wildman–Crippen LogP) is 2.61. The van der Waals surface area contributed by atoms with Gasteiger partial charge in [-0.25, -0.2) is 13.9 Å². The molecule has 2 aliphatic rings. The van der Waals surface area contributed by atoms with Crippen molar-refractivity contribution < 1.29 is 9.13 Å². The molecule has 3 aromatic rings. The lowest BCUT2D eigenvalue weighted by atomic mass is 9.90. The number of rotatable bonds is 4. The molecule has 0 spiro atoms. The van der Waals surface area contributed by atoms with E-state index in [0.29, 0.717) is 30.5 Å². The van der Waals surface area contributed by atoms with Gasteiger partial charge < -0.3 is 9.72 Å². The molecule has 2 saturated heterocycles. The highest BCUT2D eigenvalue weighted by Gasteiger charge is 2.33. The second-order valence-corrected chi connectivity index (χ2v) is 8.02. The van der Waals surface area contributed by atoms with Gasteiger partial charge in [0, 0.05) is 38.1 Å². The highest BCUT2D eigenvalue weighted by atomic mass is 19.1. The zero-order chi connectivity index (χ0) is 20.0. The largest absolute Gasteiger partial charge is 0.381 e. The summed E-state index contributed by atoms with van der Waals surface area (Å²) in [5.74, 6) is 1.91. The van der Waals surface area contributed by atoms with Crippen LogP contribution in [-0.4, -0.2) is 50.8 Å². The Labute approximate surface area is 167 Å². The molecule has 29 heavy (non-hydrogen) atoms. The van der Waals surface area contributed by atoms with Crippen molar-refractivity contribution >= 4 is 5.52 Å². The van der Waals surface area contributed by atoms with Gasteiger partial charge in [0.25, 0.3) is 5.56 Å². The van der Waals surface area contributed by atoms with Gasteiger partial charge in [-0.15, -0.1) is 0 Å². The second-order valence-electron chi connectivity index (χ2n) is 8.02. The summed E-state index contributed by atoms with van der Waals surface area (Å²) < 4.78 is 20.3. The Balaban J connectivity index is 1.37. The minimum absolute atomic E-state index is 0.0197. The van der Waals surface area contributed by atoms with Crippen LogP contribution in [0.5, 0.6) is 0 Å². The number of likely N-dealkylation sites (tertiary alicyclic amines) is 1. The van der Waals surface area contributed by atoms with Crippen molar-refractivity contribution in [3.8, 4) is 0 Å². The lowest BCUT2D eigenvalue weighted by Gasteiger charge is -2.42. The van der Waals surface area contributed by atoms with Gasteiger partial charge in [0.15, 0.2) is 5.52 Å². The molecule has 2 aromatic heterocycles. The molecule has 152 valence electrons. The molecular weight excluding hydrogens is 373 g/mol. The summed E-state index contributed by atoms with van der Waals surface area (Å²) in [4.78, 5) is 22.3. The van der Waals surface area contributed by atoms with E-state index < -0.39 is 0 Å². The summed E-state index contributed by atoms with van der Waals surface area (Å²) in [6, 6.07) is 6.68. The second kappa shape index (κ2) is 7.35. The first-order chi connectivity index (χ1) is 14.1. The summed E-state index contributed by atoms with van der Waals surface area (Å²) in [7, 11) is 0. The zero-order valence-electron chi connectivity index (χ0n) is 16.3. The normalized spacial score (nSPS) is 20.1. The average Bonchev–Trinajstić information content (AvgIpc) is 3.13. The molecular formula is C21H24FN5O2. The summed E-state index contributed by atoms with van der Waals surface area (Å²) >= 11 is 0. The minimum Gasteiger partial charge on any atom is -0.381 e. The fourth-order valence-electron chi connectivity index (χ4n) is 4.30. The maximum Gasteiger partial charge on any atom is 0.277 e. The third-order valence-electron chi connectivity index (χ3n) is 6.23. The van der Waals surface area contributed by atoms with Crippen LogP contribution in [0.25, 0.3) is 5.52 Å². The van der Waals surface area contributed by atoms with Gasteiger partial charge in [-0.05, 0) is 37.5 Å². The van der Waals surface area contributed by atoms with Crippen LogP contribution >= 0.6 is 0 Å². The number of fused-ring (bicyclic) bond motifs is 1. The van der Waals surface area contributed by atoms with Crippen molar-refractivity contribution in [1.29, 1.82) is 0 Å². The lowest BCUT2D eigenvalue weighted by Crippen LogP contribution is -2.46. The van der Waals surface area contributed by atoms with E-state index >= 15 is 0 Å². The van der Waals surface area contributed by atoms with E-state index in [-0.39, 0.29) is 23.3 Å². The van der Waals surface area contributed by atoms with E-state index in [2.05, 4.69) is 21.8 Å². The van der Waals surface area contributed by atoms with E-state index in [0.717, 1.165) is 37.3 Å². The zero-order valence-corrected chi connectivity index (χ0v) is 16.3. The van der Waals surface area contributed by atoms with Crippen molar-refractivity contribution in [2.75, 3.05) is 26.3 Å². The summed E-state index contributed by atoms with van der Waals surface area (Å²) in [6.45, 7) is 5.18. The molecule has 7 nitrogen and oxygen atoms in total. The van der Waals surface area contributed by atoms with Crippen molar-refractivity contribution in [3.63, 3.8) is 0 Å². The SMILES string of the molecule is CC(c1nn2c(C3CCOCC3)ncc2c(=O)[nH]1)N1CC(c2ccc(F)cc2)C1.